The van der Waals surface area contributed by atoms with Crippen LogP contribution in [-0.2, 0) is 0 Å². The summed E-state index contributed by atoms with van der Waals surface area (Å²) in [5, 5.41) is 3.28. The van der Waals surface area contributed by atoms with E-state index in [1.54, 1.807) is 0 Å². The Kier molecular flexibility index (Phi) is 3.60. The van der Waals surface area contributed by atoms with Crippen molar-refractivity contribution in [3.05, 3.63) is 12.7 Å². The first-order valence-electron chi connectivity index (χ1n) is 4.44. The molecule has 1 rings (SSSR count). The maximum atomic E-state index is 3.73. The van der Waals surface area contributed by atoms with Crippen LogP contribution in [0.5, 0.6) is 0 Å². The van der Waals surface area contributed by atoms with Crippen molar-refractivity contribution in [3.63, 3.8) is 0 Å². The summed E-state index contributed by atoms with van der Waals surface area (Å²) in [6.07, 6.45) is 3.11. The molecular formula is C9H18N2. The molecule has 0 unspecified atom stereocenters. The van der Waals surface area contributed by atoms with Crippen LogP contribution in [-0.4, -0.2) is 37.1 Å². The Morgan fingerprint density at radius 1 is 1.64 bits per heavy atom. The van der Waals surface area contributed by atoms with Crippen molar-refractivity contribution in [1.82, 2.24) is 10.2 Å². The van der Waals surface area contributed by atoms with E-state index in [0.29, 0.717) is 0 Å². The molecule has 0 spiro atoms. The van der Waals surface area contributed by atoms with Crippen molar-refractivity contribution in [1.29, 1.82) is 0 Å². The molecule has 11 heavy (non-hydrogen) atoms. The predicted octanol–water partition coefficient (Wildman–Crippen LogP) is 0.856. The van der Waals surface area contributed by atoms with Crippen LogP contribution in [0.2, 0.25) is 0 Å². The molecule has 64 valence electrons. The van der Waals surface area contributed by atoms with Gasteiger partial charge in [-0.1, -0.05) is 13.0 Å². The number of nitrogens with zero attached hydrogens (tertiary/aromatic N) is 1. The predicted molar refractivity (Wildman–Crippen MR) is 48.7 cm³/mol. The lowest BCUT2D eigenvalue weighted by Crippen LogP contribution is -2.57. The van der Waals surface area contributed by atoms with Crippen LogP contribution in [0.1, 0.15) is 13.3 Å². The van der Waals surface area contributed by atoms with Gasteiger partial charge in [0.1, 0.15) is 0 Å². The molecule has 0 aromatic heterocycles. The Bertz CT molecular complexity index is 119. The van der Waals surface area contributed by atoms with Gasteiger partial charge in [0.05, 0.1) is 0 Å². The van der Waals surface area contributed by atoms with E-state index in [0.717, 1.165) is 12.5 Å². The first kappa shape index (κ1) is 8.75. The average molecular weight is 154 g/mol. The summed E-state index contributed by atoms with van der Waals surface area (Å²) in [5.74, 6) is 0. The van der Waals surface area contributed by atoms with E-state index in [4.69, 9.17) is 0 Å². The summed E-state index contributed by atoms with van der Waals surface area (Å²) in [7, 11) is 0. The largest absolute Gasteiger partial charge is 0.314 e. The van der Waals surface area contributed by atoms with Gasteiger partial charge in [-0.15, -0.1) is 6.58 Å². The minimum Gasteiger partial charge on any atom is -0.314 e. The molecule has 0 amide bonds. The third-order valence-electron chi connectivity index (χ3n) is 2.30. The van der Waals surface area contributed by atoms with E-state index in [-0.39, 0.29) is 0 Å². The van der Waals surface area contributed by atoms with Gasteiger partial charge < -0.3 is 5.32 Å². The van der Waals surface area contributed by atoms with Gasteiger partial charge in [0.15, 0.2) is 0 Å². The fourth-order valence-corrected chi connectivity index (χ4v) is 1.39. The molecule has 0 atom stereocenters. The van der Waals surface area contributed by atoms with Crippen molar-refractivity contribution in [3.8, 4) is 0 Å². The van der Waals surface area contributed by atoms with Gasteiger partial charge >= 0.3 is 0 Å². The van der Waals surface area contributed by atoms with Crippen molar-refractivity contribution in [2.75, 3.05) is 26.2 Å². The molecule has 1 fully saturated rings. The Morgan fingerprint density at radius 3 is 2.73 bits per heavy atom. The van der Waals surface area contributed by atoms with Crippen molar-refractivity contribution in [2.45, 2.75) is 19.4 Å². The van der Waals surface area contributed by atoms with Gasteiger partial charge in [0.25, 0.3) is 0 Å². The number of likely N-dealkylation sites (N-methyl/N-ethyl adjacent to an activating group) is 1. The van der Waals surface area contributed by atoms with Gasteiger partial charge in [-0.2, -0.15) is 0 Å². The molecule has 1 N–H and O–H groups in total. The maximum absolute atomic E-state index is 3.73. The third kappa shape index (κ3) is 2.31. The standard InChI is InChI=1S/C9H18N2/c1-3-5-6-11(4-2)9-7-10-8-9/h3,9-10H,1,4-8H2,2H3. The minimum absolute atomic E-state index is 0.792. The quantitative estimate of drug-likeness (QED) is 0.591. The molecule has 2 heteroatoms. The smallest absolute Gasteiger partial charge is 0.0345 e. The number of rotatable bonds is 5. The van der Waals surface area contributed by atoms with Crippen LogP contribution in [0.4, 0.5) is 0 Å². The number of nitrogens with one attached hydrogen (secondary N) is 1. The molecule has 1 heterocycles. The Hall–Kier alpha value is -0.340. The van der Waals surface area contributed by atoms with Crippen LogP contribution in [0.15, 0.2) is 12.7 Å². The van der Waals surface area contributed by atoms with E-state index < -0.39 is 0 Å². The summed E-state index contributed by atoms with van der Waals surface area (Å²) in [6, 6.07) is 0.792. The van der Waals surface area contributed by atoms with Gasteiger partial charge in [-0.25, -0.2) is 0 Å². The molecule has 0 saturated carbocycles. The molecule has 1 aliphatic rings. The highest BCUT2D eigenvalue weighted by Gasteiger charge is 2.21. The van der Waals surface area contributed by atoms with Crippen LogP contribution < -0.4 is 5.32 Å². The fourth-order valence-electron chi connectivity index (χ4n) is 1.39. The molecule has 0 bridgehead atoms. The lowest BCUT2D eigenvalue weighted by atomic mass is 10.1. The summed E-state index contributed by atoms with van der Waals surface area (Å²) in [4.78, 5) is 2.51. The first-order valence-corrected chi connectivity index (χ1v) is 4.44. The topological polar surface area (TPSA) is 15.3 Å². The van der Waals surface area contributed by atoms with Crippen LogP contribution >= 0.6 is 0 Å². The molecule has 0 aromatic carbocycles. The zero-order chi connectivity index (χ0) is 8.10. The molecular weight excluding hydrogens is 136 g/mol. The van der Waals surface area contributed by atoms with E-state index in [9.17, 15) is 0 Å². The monoisotopic (exact) mass is 154 g/mol. The number of hydrogen-bond donors (Lipinski definition) is 1. The average Bonchev–Trinajstić information content (AvgIpc) is 1.93. The van der Waals surface area contributed by atoms with Crippen LogP contribution in [0, 0.1) is 0 Å². The lowest BCUT2D eigenvalue weighted by Gasteiger charge is -2.37. The number of hydrogen-bond acceptors (Lipinski definition) is 2. The summed E-state index contributed by atoms with van der Waals surface area (Å²) >= 11 is 0. The lowest BCUT2D eigenvalue weighted by molar-refractivity contribution is 0.155. The Morgan fingerprint density at radius 2 is 2.36 bits per heavy atom. The van der Waals surface area contributed by atoms with Crippen molar-refractivity contribution < 1.29 is 0 Å². The van der Waals surface area contributed by atoms with E-state index >= 15 is 0 Å². The molecule has 0 aliphatic carbocycles. The normalized spacial score (nSPS) is 18.4. The second-order valence-electron chi connectivity index (χ2n) is 3.02. The highest BCUT2D eigenvalue weighted by molar-refractivity contribution is 4.85. The Labute approximate surface area is 69.3 Å². The highest BCUT2D eigenvalue weighted by atomic mass is 15.2. The fraction of sp³-hybridized carbons (Fsp3) is 0.778. The van der Waals surface area contributed by atoms with Gasteiger partial charge in [0, 0.05) is 25.7 Å². The first-order chi connectivity index (χ1) is 5.38. The van der Waals surface area contributed by atoms with Crippen molar-refractivity contribution in [2.24, 2.45) is 0 Å². The van der Waals surface area contributed by atoms with Crippen molar-refractivity contribution >= 4 is 0 Å². The van der Waals surface area contributed by atoms with E-state index in [1.165, 1.54) is 26.2 Å². The van der Waals surface area contributed by atoms with Gasteiger partial charge in [-0.3, -0.25) is 4.90 Å². The van der Waals surface area contributed by atoms with Gasteiger partial charge in [0.2, 0.25) is 0 Å². The van der Waals surface area contributed by atoms with E-state index in [2.05, 4.69) is 23.7 Å². The molecule has 1 saturated heterocycles. The zero-order valence-corrected chi connectivity index (χ0v) is 7.34. The molecule has 2 nitrogen and oxygen atoms in total. The minimum atomic E-state index is 0.792. The third-order valence-corrected chi connectivity index (χ3v) is 2.30. The molecule has 0 aromatic rings. The summed E-state index contributed by atoms with van der Waals surface area (Å²) in [5.41, 5.74) is 0. The second-order valence-corrected chi connectivity index (χ2v) is 3.02. The second kappa shape index (κ2) is 4.52. The summed E-state index contributed by atoms with van der Waals surface area (Å²) < 4.78 is 0. The highest BCUT2D eigenvalue weighted by Crippen LogP contribution is 2.04. The molecule has 0 radical (unpaired) electrons. The van der Waals surface area contributed by atoms with E-state index in [1.807, 2.05) is 6.08 Å². The zero-order valence-electron chi connectivity index (χ0n) is 7.34. The SMILES string of the molecule is C=CCCN(CC)C1CNC1. The Balaban J connectivity index is 2.17. The summed E-state index contributed by atoms with van der Waals surface area (Å²) in [6.45, 7) is 10.6. The molecule has 1 aliphatic heterocycles. The van der Waals surface area contributed by atoms with Crippen LogP contribution in [0.25, 0.3) is 0 Å². The maximum Gasteiger partial charge on any atom is 0.0345 e. The van der Waals surface area contributed by atoms with Crippen LogP contribution in [0.3, 0.4) is 0 Å². The van der Waals surface area contributed by atoms with Gasteiger partial charge in [-0.05, 0) is 13.0 Å².